The number of nitrogens with one attached hydrogen (secondary N) is 1. The lowest BCUT2D eigenvalue weighted by atomic mass is 10.2. The van der Waals surface area contributed by atoms with Crippen molar-refractivity contribution in [3.05, 3.63) is 33.9 Å². The van der Waals surface area contributed by atoms with Crippen molar-refractivity contribution in [2.75, 3.05) is 0 Å². The van der Waals surface area contributed by atoms with Crippen LogP contribution in [0.2, 0.25) is 0 Å². The standard InChI is InChI=1S/C11H15N3O/c1-4-8-5-9-12-11(7(2)3)13-14(9)10(15)6-8/h5-7H,4H2,1-3H3,(H,12,13). The van der Waals surface area contributed by atoms with Gasteiger partial charge in [-0.2, -0.15) is 0 Å². The fraction of sp³-hybridized carbons (Fsp3) is 0.455. The molecule has 0 aliphatic carbocycles. The Bertz CT molecular complexity index is 536. The Kier molecular flexibility index (Phi) is 2.34. The van der Waals surface area contributed by atoms with E-state index in [1.165, 1.54) is 4.52 Å². The fourth-order valence-corrected chi connectivity index (χ4v) is 1.53. The number of fused-ring (bicyclic) bond motifs is 1. The van der Waals surface area contributed by atoms with Gasteiger partial charge in [-0.15, -0.1) is 0 Å². The molecule has 0 saturated heterocycles. The van der Waals surface area contributed by atoms with Gasteiger partial charge in [-0.05, 0) is 18.1 Å². The summed E-state index contributed by atoms with van der Waals surface area (Å²) in [6.45, 7) is 6.12. The molecule has 80 valence electrons. The zero-order chi connectivity index (χ0) is 11.0. The summed E-state index contributed by atoms with van der Waals surface area (Å²) in [5.41, 5.74) is 1.70. The summed E-state index contributed by atoms with van der Waals surface area (Å²) in [6.07, 6.45) is 0.857. The number of H-pyrrole nitrogens is 1. The average Bonchev–Trinajstić information content (AvgIpc) is 2.61. The van der Waals surface area contributed by atoms with Gasteiger partial charge in [-0.3, -0.25) is 9.89 Å². The summed E-state index contributed by atoms with van der Waals surface area (Å²) >= 11 is 0. The second-order valence-corrected chi connectivity index (χ2v) is 4.01. The Balaban J connectivity index is 2.70. The number of rotatable bonds is 2. The minimum Gasteiger partial charge on any atom is -0.276 e. The SMILES string of the molecule is CCc1cc(=O)n2[nH]c(C(C)C)nc2c1. The molecule has 15 heavy (non-hydrogen) atoms. The summed E-state index contributed by atoms with van der Waals surface area (Å²) in [5, 5.41) is 3.01. The normalized spacial score (nSPS) is 11.5. The van der Waals surface area contributed by atoms with Gasteiger partial charge in [0.2, 0.25) is 0 Å². The average molecular weight is 205 g/mol. The van der Waals surface area contributed by atoms with Crippen LogP contribution in [0.15, 0.2) is 16.9 Å². The second-order valence-electron chi connectivity index (χ2n) is 4.01. The van der Waals surface area contributed by atoms with Gasteiger partial charge >= 0.3 is 0 Å². The first-order valence-corrected chi connectivity index (χ1v) is 5.23. The molecule has 0 bridgehead atoms. The topological polar surface area (TPSA) is 50.2 Å². The molecule has 2 rings (SSSR count). The van der Waals surface area contributed by atoms with Crippen LogP contribution in [0.25, 0.3) is 5.65 Å². The quantitative estimate of drug-likeness (QED) is 0.811. The first-order chi connectivity index (χ1) is 7.11. The Morgan fingerprint density at radius 3 is 2.80 bits per heavy atom. The molecule has 0 atom stereocenters. The maximum atomic E-state index is 11.7. The number of aryl methyl sites for hydroxylation is 1. The third-order valence-electron chi connectivity index (χ3n) is 2.49. The summed E-state index contributed by atoms with van der Waals surface area (Å²) in [5.74, 6) is 1.15. The van der Waals surface area contributed by atoms with Gasteiger partial charge in [0, 0.05) is 12.0 Å². The molecular weight excluding hydrogens is 190 g/mol. The van der Waals surface area contributed by atoms with Gasteiger partial charge in [-0.1, -0.05) is 20.8 Å². The summed E-state index contributed by atoms with van der Waals surface area (Å²) in [7, 11) is 0. The molecule has 2 aromatic rings. The highest BCUT2D eigenvalue weighted by Gasteiger charge is 2.07. The highest BCUT2D eigenvalue weighted by Crippen LogP contribution is 2.10. The summed E-state index contributed by atoms with van der Waals surface area (Å²) in [6, 6.07) is 3.60. The van der Waals surface area contributed by atoms with Crippen molar-refractivity contribution in [2.45, 2.75) is 33.1 Å². The van der Waals surface area contributed by atoms with Crippen LogP contribution in [0, 0.1) is 0 Å². The highest BCUT2D eigenvalue weighted by molar-refractivity contribution is 5.40. The zero-order valence-corrected chi connectivity index (χ0v) is 9.24. The van der Waals surface area contributed by atoms with Crippen LogP contribution in [0.3, 0.4) is 0 Å². The molecule has 2 aromatic heterocycles. The maximum absolute atomic E-state index is 11.7. The van der Waals surface area contributed by atoms with Crippen molar-refractivity contribution in [1.29, 1.82) is 0 Å². The van der Waals surface area contributed by atoms with Crippen LogP contribution in [0.4, 0.5) is 0 Å². The molecular formula is C11H15N3O. The number of hydrogen-bond donors (Lipinski definition) is 1. The smallest absolute Gasteiger partial charge is 0.271 e. The van der Waals surface area contributed by atoms with E-state index in [4.69, 9.17) is 0 Å². The Hall–Kier alpha value is -1.58. The first-order valence-electron chi connectivity index (χ1n) is 5.23. The molecule has 0 unspecified atom stereocenters. The van der Waals surface area contributed by atoms with E-state index in [9.17, 15) is 4.79 Å². The van der Waals surface area contributed by atoms with Crippen molar-refractivity contribution < 1.29 is 0 Å². The first kappa shape index (κ1) is 9.96. The summed E-state index contributed by atoms with van der Waals surface area (Å²) in [4.78, 5) is 16.1. The van der Waals surface area contributed by atoms with Crippen LogP contribution in [-0.2, 0) is 6.42 Å². The van der Waals surface area contributed by atoms with Gasteiger partial charge in [0.05, 0.1) is 0 Å². The molecule has 0 radical (unpaired) electrons. The van der Waals surface area contributed by atoms with E-state index in [0.29, 0.717) is 11.6 Å². The van der Waals surface area contributed by atoms with E-state index >= 15 is 0 Å². The van der Waals surface area contributed by atoms with Crippen molar-refractivity contribution in [1.82, 2.24) is 14.6 Å². The Morgan fingerprint density at radius 2 is 2.20 bits per heavy atom. The molecule has 0 fully saturated rings. The van der Waals surface area contributed by atoms with E-state index in [1.807, 2.05) is 26.8 Å². The lowest BCUT2D eigenvalue weighted by Gasteiger charge is -1.95. The van der Waals surface area contributed by atoms with E-state index in [2.05, 4.69) is 10.1 Å². The third kappa shape index (κ3) is 1.67. The van der Waals surface area contributed by atoms with Crippen LogP contribution >= 0.6 is 0 Å². The van der Waals surface area contributed by atoms with Crippen LogP contribution < -0.4 is 5.56 Å². The number of aromatic nitrogens is 3. The zero-order valence-electron chi connectivity index (χ0n) is 9.24. The van der Waals surface area contributed by atoms with Crippen molar-refractivity contribution >= 4 is 5.65 Å². The molecule has 2 heterocycles. The van der Waals surface area contributed by atoms with Crippen molar-refractivity contribution in [2.24, 2.45) is 0 Å². The largest absolute Gasteiger partial charge is 0.276 e. The van der Waals surface area contributed by atoms with E-state index < -0.39 is 0 Å². The molecule has 0 amide bonds. The van der Waals surface area contributed by atoms with Gasteiger partial charge < -0.3 is 0 Å². The Labute approximate surface area is 87.9 Å². The third-order valence-corrected chi connectivity index (χ3v) is 2.49. The van der Waals surface area contributed by atoms with Crippen LogP contribution in [0.1, 0.15) is 38.1 Å². The molecule has 0 spiro atoms. The number of pyridine rings is 1. The number of nitrogens with zero attached hydrogens (tertiary/aromatic N) is 2. The van der Waals surface area contributed by atoms with Gasteiger partial charge in [0.15, 0.2) is 5.65 Å². The predicted octanol–water partition coefficient (Wildman–Crippen LogP) is 1.71. The lowest BCUT2D eigenvalue weighted by molar-refractivity contribution is 0.758. The molecule has 0 aliphatic heterocycles. The molecule has 0 aliphatic rings. The monoisotopic (exact) mass is 205 g/mol. The highest BCUT2D eigenvalue weighted by atomic mass is 16.1. The number of aromatic amines is 1. The minimum atomic E-state index is -0.0382. The van der Waals surface area contributed by atoms with Gasteiger partial charge in [0.1, 0.15) is 5.82 Å². The minimum absolute atomic E-state index is 0.0382. The van der Waals surface area contributed by atoms with E-state index in [0.717, 1.165) is 17.8 Å². The fourth-order valence-electron chi connectivity index (χ4n) is 1.53. The molecule has 1 N–H and O–H groups in total. The molecule has 4 nitrogen and oxygen atoms in total. The van der Waals surface area contributed by atoms with Crippen LogP contribution in [-0.4, -0.2) is 14.6 Å². The molecule has 0 saturated carbocycles. The van der Waals surface area contributed by atoms with E-state index in [-0.39, 0.29) is 5.56 Å². The summed E-state index contributed by atoms with van der Waals surface area (Å²) < 4.78 is 1.49. The molecule has 0 aromatic carbocycles. The molecule has 4 heteroatoms. The van der Waals surface area contributed by atoms with Crippen molar-refractivity contribution in [3.8, 4) is 0 Å². The maximum Gasteiger partial charge on any atom is 0.271 e. The number of hydrogen-bond acceptors (Lipinski definition) is 2. The second kappa shape index (κ2) is 3.53. The van der Waals surface area contributed by atoms with Gasteiger partial charge in [-0.25, -0.2) is 9.50 Å². The Morgan fingerprint density at radius 1 is 1.47 bits per heavy atom. The van der Waals surface area contributed by atoms with Crippen molar-refractivity contribution in [3.63, 3.8) is 0 Å². The lowest BCUT2D eigenvalue weighted by Crippen LogP contribution is -2.13. The predicted molar refractivity (Wildman–Crippen MR) is 59.3 cm³/mol. The van der Waals surface area contributed by atoms with Crippen LogP contribution in [0.5, 0.6) is 0 Å². The van der Waals surface area contributed by atoms with Gasteiger partial charge in [0.25, 0.3) is 5.56 Å². The van der Waals surface area contributed by atoms with E-state index in [1.54, 1.807) is 6.07 Å².